The number of pyridine rings is 1. The first-order valence-electron chi connectivity index (χ1n) is 6.46. The Morgan fingerprint density at radius 1 is 1.45 bits per heavy atom. The smallest absolute Gasteiger partial charge is 0.230 e. The quantitative estimate of drug-likeness (QED) is 0.886. The van der Waals surface area contributed by atoms with Crippen molar-refractivity contribution in [2.24, 2.45) is 0 Å². The molecule has 0 fully saturated rings. The first-order valence-corrected chi connectivity index (χ1v) is 7.27. The molecule has 1 N–H and O–H groups in total. The summed E-state index contributed by atoms with van der Waals surface area (Å²) in [5, 5.41) is 4.43. The van der Waals surface area contributed by atoms with Gasteiger partial charge in [-0.2, -0.15) is 4.98 Å². The second-order valence-electron chi connectivity index (χ2n) is 4.71. The topological polar surface area (TPSA) is 50.3 Å². The van der Waals surface area contributed by atoms with Gasteiger partial charge >= 0.3 is 0 Å². The van der Waals surface area contributed by atoms with Crippen molar-refractivity contribution < 1.29 is 4.74 Å². The monoisotopic (exact) mass is 292 g/mol. The van der Waals surface area contributed by atoms with Gasteiger partial charge in [-0.25, -0.2) is 0 Å². The van der Waals surface area contributed by atoms with E-state index in [-0.39, 0.29) is 6.04 Å². The van der Waals surface area contributed by atoms with Crippen LogP contribution in [0.1, 0.15) is 23.4 Å². The van der Waals surface area contributed by atoms with Crippen LogP contribution in [0.25, 0.3) is 0 Å². The summed E-state index contributed by atoms with van der Waals surface area (Å²) >= 11 is 1.64. The van der Waals surface area contributed by atoms with Crippen molar-refractivity contribution in [3.05, 3.63) is 35.0 Å². The van der Waals surface area contributed by atoms with Crippen LogP contribution in [0.15, 0.2) is 24.5 Å². The van der Waals surface area contributed by atoms with Crippen LogP contribution in [0.3, 0.4) is 0 Å². The Morgan fingerprint density at radius 2 is 2.25 bits per heavy atom. The fourth-order valence-corrected chi connectivity index (χ4v) is 2.69. The molecule has 0 bridgehead atoms. The van der Waals surface area contributed by atoms with Crippen LogP contribution in [0.2, 0.25) is 0 Å². The van der Waals surface area contributed by atoms with Gasteiger partial charge in [-0.15, -0.1) is 0 Å². The standard InChI is InChI=1S/C14H20N4OS/c1-10(11-6-5-7-15-8-11)16-9-12-13(19-4)17-14(20-12)18(2)3/h5-8,10,16H,9H2,1-4H3/t10-/m0/s1. The SMILES string of the molecule is COc1nc(N(C)C)sc1CN[C@@H](C)c1cccnc1. The number of hydrogen-bond acceptors (Lipinski definition) is 6. The molecule has 6 heteroatoms. The predicted molar refractivity (Wildman–Crippen MR) is 82.5 cm³/mol. The van der Waals surface area contributed by atoms with Gasteiger partial charge in [-0.3, -0.25) is 4.98 Å². The molecular weight excluding hydrogens is 272 g/mol. The Balaban J connectivity index is 2.03. The van der Waals surface area contributed by atoms with E-state index in [4.69, 9.17) is 4.74 Å². The molecule has 20 heavy (non-hydrogen) atoms. The van der Waals surface area contributed by atoms with E-state index < -0.39 is 0 Å². The van der Waals surface area contributed by atoms with E-state index in [9.17, 15) is 0 Å². The average Bonchev–Trinajstić information content (AvgIpc) is 2.89. The summed E-state index contributed by atoms with van der Waals surface area (Å²) < 4.78 is 5.33. The largest absolute Gasteiger partial charge is 0.480 e. The molecule has 0 amide bonds. The van der Waals surface area contributed by atoms with Crippen LogP contribution in [0.4, 0.5) is 5.13 Å². The molecular formula is C14H20N4OS. The molecule has 108 valence electrons. The lowest BCUT2D eigenvalue weighted by Crippen LogP contribution is -2.17. The van der Waals surface area contributed by atoms with Crippen LogP contribution in [0.5, 0.6) is 5.88 Å². The summed E-state index contributed by atoms with van der Waals surface area (Å²) in [6.45, 7) is 2.85. The molecule has 0 saturated carbocycles. The Hall–Kier alpha value is -1.66. The number of anilines is 1. The second kappa shape index (κ2) is 6.67. The van der Waals surface area contributed by atoms with E-state index in [2.05, 4.69) is 28.3 Å². The van der Waals surface area contributed by atoms with Crippen LogP contribution in [-0.4, -0.2) is 31.2 Å². The first kappa shape index (κ1) is 14.7. The average molecular weight is 292 g/mol. The lowest BCUT2D eigenvalue weighted by Gasteiger charge is -2.13. The van der Waals surface area contributed by atoms with Gasteiger partial charge in [-0.1, -0.05) is 17.4 Å². The third-order valence-electron chi connectivity index (χ3n) is 2.98. The summed E-state index contributed by atoms with van der Waals surface area (Å²) in [5.74, 6) is 0.699. The Kier molecular flexibility index (Phi) is 4.92. The first-order chi connectivity index (χ1) is 9.61. The summed E-state index contributed by atoms with van der Waals surface area (Å²) in [7, 11) is 5.62. The highest BCUT2D eigenvalue weighted by Crippen LogP contribution is 2.30. The molecule has 0 saturated heterocycles. The molecule has 2 aromatic rings. The maximum Gasteiger partial charge on any atom is 0.230 e. The molecule has 0 aromatic carbocycles. The highest BCUT2D eigenvalue weighted by molar-refractivity contribution is 7.15. The number of hydrogen-bond donors (Lipinski definition) is 1. The molecule has 1 atom stereocenters. The van der Waals surface area contributed by atoms with E-state index in [0.29, 0.717) is 5.88 Å². The van der Waals surface area contributed by atoms with Crippen LogP contribution >= 0.6 is 11.3 Å². The minimum absolute atomic E-state index is 0.235. The predicted octanol–water partition coefficient (Wildman–Crippen LogP) is 2.46. The minimum atomic E-state index is 0.235. The Labute approximate surface area is 123 Å². The normalized spacial score (nSPS) is 12.2. The number of ether oxygens (including phenoxy) is 1. The molecule has 2 rings (SSSR count). The number of methoxy groups -OCH3 is 1. The van der Waals surface area contributed by atoms with Gasteiger partial charge in [0.1, 0.15) is 0 Å². The molecule has 0 aliphatic heterocycles. The van der Waals surface area contributed by atoms with Crippen molar-refractivity contribution in [1.82, 2.24) is 15.3 Å². The molecule has 0 unspecified atom stereocenters. The third-order valence-corrected chi connectivity index (χ3v) is 4.18. The van der Waals surface area contributed by atoms with Crippen molar-refractivity contribution in [2.45, 2.75) is 19.5 Å². The van der Waals surface area contributed by atoms with Gasteiger partial charge in [0.2, 0.25) is 5.88 Å². The minimum Gasteiger partial charge on any atom is -0.480 e. The van der Waals surface area contributed by atoms with E-state index in [1.54, 1.807) is 24.6 Å². The number of aromatic nitrogens is 2. The molecule has 5 nitrogen and oxygen atoms in total. The third kappa shape index (κ3) is 3.46. The Morgan fingerprint density at radius 3 is 2.85 bits per heavy atom. The highest BCUT2D eigenvalue weighted by Gasteiger charge is 2.14. The van der Waals surface area contributed by atoms with Gasteiger partial charge in [-0.05, 0) is 18.6 Å². The summed E-state index contributed by atoms with van der Waals surface area (Å²) in [5.41, 5.74) is 1.17. The van der Waals surface area contributed by atoms with E-state index in [1.807, 2.05) is 31.3 Å². The molecule has 0 spiro atoms. The number of nitrogens with zero attached hydrogens (tertiary/aromatic N) is 3. The molecule has 2 aromatic heterocycles. The van der Waals surface area contributed by atoms with Crippen molar-refractivity contribution in [3.8, 4) is 5.88 Å². The fraction of sp³-hybridized carbons (Fsp3) is 0.429. The number of nitrogens with one attached hydrogen (secondary N) is 1. The lowest BCUT2D eigenvalue weighted by molar-refractivity contribution is 0.393. The van der Waals surface area contributed by atoms with E-state index >= 15 is 0 Å². The summed E-state index contributed by atoms with van der Waals surface area (Å²) in [6.07, 6.45) is 3.67. The highest BCUT2D eigenvalue weighted by atomic mass is 32.1. The van der Waals surface area contributed by atoms with Crippen LogP contribution in [-0.2, 0) is 6.54 Å². The zero-order valence-electron chi connectivity index (χ0n) is 12.3. The van der Waals surface area contributed by atoms with Crippen molar-refractivity contribution >= 4 is 16.5 Å². The van der Waals surface area contributed by atoms with Gasteiger partial charge in [0.25, 0.3) is 0 Å². The zero-order chi connectivity index (χ0) is 14.5. The molecule has 2 heterocycles. The summed E-state index contributed by atoms with van der Waals surface area (Å²) in [4.78, 5) is 11.7. The van der Waals surface area contributed by atoms with Gasteiger partial charge < -0.3 is 15.0 Å². The van der Waals surface area contributed by atoms with Crippen molar-refractivity contribution in [2.75, 3.05) is 26.1 Å². The van der Waals surface area contributed by atoms with Crippen molar-refractivity contribution in [3.63, 3.8) is 0 Å². The lowest BCUT2D eigenvalue weighted by atomic mass is 10.1. The van der Waals surface area contributed by atoms with E-state index in [0.717, 1.165) is 16.6 Å². The Bertz CT molecular complexity index is 541. The molecule has 0 aliphatic rings. The number of rotatable bonds is 6. The second-order valence-corrected chi connectivity index (χ2v) is 5.77. The summed E-state index contributed by atoms with van der Waals surface area (Å²) in [6, 6.07) is 4.25. The maximum atomic E-state index is 5.33. The number of thiazole rings is 1. The van der Waals surface area contributed by atoms with Crippen LogP contribution < -0.4 is 15.0 Å². The molecule has 0 aliphatic carbocycles. The zero-order valence-corrected chi connectivity index (χ0v) is 13.1. The maximum absolute atomic E-state index is 5.33. The van der Waals surface area contributed by atoms with E-state index in [1.165, 1.54) is 5.56 Å². The van der Waals surface area contributed by atoms with Crippen LogP contribution in [0, 0.1) is 0 Å². The van der Waals surface area contributed by atoms with Gasteiger partial charge in [0, 0.05) is 39.1 Å². The van der Waals surface area contributed by atoms with Crippen molar-refractivity contribution in [1.29, 1.82) is 0 Å². The molecule has 0 radical (unpaired) electrons. The van der Waals surface area contributed by atoms with Gasteiger partial charge in [0.05, 0.1) is 12.0 Å². The fourth-order valence-electron chi connectivity index (χ4n) is 1.78. The van der Waals surface area contributed by atoms with Gasteiger partial charge in [0.15, 0.2) is 5.13 Å².